The average Bonchev–Trinajstić information content (AvgIpc) is 2.28. The topological polar surface area (TPSA) is 53.4 Å². The maximum Gasteiger partial charge on any atom is 0.156 e. The fourth-order valence-electron chi connectivity index (χ4n) is 1.78. The van der Waals surface area contributed by atoms with Gasteiger partial charge in [0.2, 0.25) is 0 Å². The Morgan fingerprint density at radius 3 is 2.56 bits per heavy atom. The van der Waals surface area contributed by atoms with Gasteiger partial charge in [-0.3, -0.25) is 0 Å². The molecule has 102 valence electrons. The second-order valence-corrected chi connectivity index (χ2v) is 6.19. The van der Waals surface area contributed by atoms with E-state index in [1.165, 1.54) is 0 Å². The molecule has 1 rings (SSSR count). The van der Waals surface area contributed by atoms with Crippen LogP contribution in [0.15, 0.2) is 22.8 Å². The SMILES string of the molecule is CC(C)(CCCCCc1cccc(Br)n1)C(O)O. The number of hydrogen-bond donors (Lipinski definition) is 2. The Hall–Kier alpha value is -0.450. The molecule has 1 aromatic rings. The zero-order chi connectivity index (χ0) is 13.6. The van der Waals surface area contributed by atoms with E-state index < -0.39 is 11.7 Å². The molecule has 0 saturated heterocycles. The minimum atomic E-state index is -1.23. The number of aryl methyl sites for hydroxylation is 1. The molecule has 0 aromatic carbocycles. The van der Waals surface area contributed by atoms with Crippen LogP contribution < -0.4 is 0 Å². The first-order valence-corrected chi connectivity index (χ1v) is 7.19. The predicted octanol–water partition coefficient (Wildman–Crippen LogP) is 3.28. The Labute approximate surface area is 117 Å². The Kier molecular flexibility index (Phi) is 6.26. The number of aliphatic hydroxyl groups excluding tert-OH is 1. The number of aromatic nitrogens is 1. The zero-order valence-electron chi connectivity index (χ0n) is 11.1. The highest BCUT2D eigenvalue weighted by atomic mass is 79.9. The predicted molar refractivity (Wildman–Crippen MR) is 76.1 cm³/mol. The Morgan fingerprint density at radius 2 is 1.94 bits per heavy atom. The van der Waals surface area contributed by atoms with Crippen LogP contribution in [0.3, 0.4) is 0 Å². The molecule has 0 unspecified atom stereocenters. The zero-order valence-corrected chi connectivity index (χ0v) is 12.7. The molecule has 0 radical (unpaired) electrons. The molecule has 0 aliphatic carbocycles. The van der Waals surface area contributed by atoms with E-state index in [1.807, 2.05) is 32.0 Å². The molecule has 0 bridgehead atoms. The van der Waals surface area contributed by atoms with Crippen LogP contribution in [0.2, 0.25) is 0 Å². The van der Waals surface area contributed by atoms with Gasteiger partial charge in [0, 0.05) is 11.1 Å². The van der Waals surface area contributed by atoms with Gasteiger partial charge in [0.05, 0.1) is 0 Å². The minimum absolute atomic E-state index is 0.409. The molecule has 0 amide bonds. The second-order valence-electron chi connectivity index (χ2n) is 5.37. The van der Waals surface area contributed by atoms with Crippen LogP contribution in [0.5, 0.6) is 0 Å². The van der Waals surface area contributed by atoms with Gasteiger partial charge < -0.3 is 10.2 Å². The number of rotatable bonds is 7. The number of pyridine rings is 1. The van der Waals surface area contributed by atoms with E-state index in [4.69, 9.17) is 0 Å². The lowest BCUT2D eigenvalue weighted by atomic mass is 9.86. The summed E-state index contributed by atoms with van der Waals surface area (Å²) < 4.78 is 0.879. The van der Waals surface area contributed by atoms with E-state index in [0.29, 0.717) is 0 Å². The third kappa shape index (κ3) is 5.46. The summed E-state index contributed by atoms with van der Waals surface area (Å²) in [5.41, 5.74) is 0.694. The first-order valence-electron chi connectivity index (χ1n) is 6.39. The molecular formula is C14H22BrNO2. The fourth-order valence-corrected chi connectivity index (χ4v) is 2.16. The molecule has 18 heavy (non-hydrogen) atoms. The molecule has 0 spiro atoms. The first kappa shape index (κ1) is 15.6. The summed E-state index contributed by atoms with van der Waals surface area (Å²) in [5.74, 6) is 0. The highest BCUT2D eigenvalue weighted by Crippen LogP contribution is 2.26. The van der Waals surface area contributed by atoms with Crippen LogP contribution in [0.1, 0.15) is 45.2 Å². The van der Waals surface area contributed by atoms with Crippen LogP contribution in [0, 0.1) is 5.41 Å². The van der Waals surface area contributed by atoms with Gasteiger partial charge in [-0.05, 0) is 47.3 Å². The molecule has 1 aromatic heterocycles. The van der Waals surface area contributed by atoms with Crippen molar-refractivity contribution >= 4 is 15.9 Å². The van der Waals surface area contributed by atoms with E-state index in [2.05, 4.69) is 20.9 Å². The van der Waals surface area contributed by atoms with Crippen molar-refractivity contribution in [1.82, 2.24) is 4.98 Å². The van der Waals surface area contributed by atoms with Crippen LogP contribution in [0.4, 0.5) is 0 Å². The molecule has 0 saturated carbocycles. The smallest absolute Gasteiger partial charge is 0.156 e. The van der Waals surface area contributed by atoms with Crippen molar-refractivity contribution in [1.29, 1.82) is 0 Å². The summed E-state index contributed by atoms with van der Waals surface area (Å²) >= 11 is 3.36. The summed E-state index contributed by atoms with van der Waals surface area (Å²) in [4.78, 5) is 4.38. The van der Waals surface area contributed by atoms with Crippen molar-refractivity contribution in [3.05, 3.63) is 28.5 Å². The Balaban J connectivity index is 2.20. The maximum atomic E-state index is 9.19. The standard InChI is InChI=1S/C14H22BrNO2/c1-14(2,13(17)18)10-5-3-4-7-11-8-6-9-12(15)16-11/h6,8-9,13,17-18H,3-5,7,10H2,1-2H3. The normalized spacial score (nSPS) is 12.1. The summed E-state index contributed by atoms with van der Waals surface area (Å²) in [6, 6.07) is 5.96. The first-order chi connectivity index (χ1) is 8.42. The van der Waals surface area contributed by atoms with Gasteiger partial charge in [0.25, 0.3) is 0 Å². The number of aliphatic hydroxyl groups is 2. The fraction of sp³-hybridized carbons (Fsp3) is 0.643. The van der Waals surface area contributed by atoms with Crippen LogP contribution in [-0.2, 0) is 6.42 Å². The quantitative estimate of drug-likeness (QED) is 0.461. The van der Waals surface area contributed by atoms with Crippen LogP contribution in [-0.4, -0.2) is 21.5 Å². The molecule has 0 aliphatic rings. The maximum absolute atomic E-state index is 9.19. The summed E-state index contributed by atoms with van der Waals surface area (Å²) in [5, 5.41) is 18.4. The molecule has 4 heteroatoms. The molecule has 2 N–H and O–H groups in total. The highest BCUT2D eigenvalue weighted by Gasteiger charge is 2.24. The number of halogens is 1. The van der Waals surface area contributed by atoms with Gasteiger partial charge in [0.1, 0.15) is 4.60 Å². The molecule has 0 fully saturated rings. The summed E-state index contributed by atoms with van der Waals surface area (Å²) in [7, 11) is 0. The van der Waals surface area contributed by atoms with Gasteiger partial charge in [-0.25, -0.2) is 4.98 Å². The van der Waals surface area contributed by atoms with Crippen molar-refractivity contribution < 1.29 is 10.2 Å². The van der Waals surface area contributed by atoms with E-state index >= 15 is 0 Å². The molecule has 3 nitrogen and oxygen atoms in total. The molecule has 1 heterocycles. The van der Waals surface area contributed by atoms with E-state index in [0.717, 1.165) is 42.4 Å². The van der Waals surface area contributed by atoms with Crippen LogP contribution >= 0.6 is 15.9 Å². The third-order valence-electron chi connectivity index (χ3n) is 3.23. The van der Waals surface area contributed by atoms with Crippen molar-refractivity contribution in [3.8, 4) is 0 Å². The highest BCUT2D eigenvalue weighted by molar-refractivity contribution is 9.10. The van der Waals surface area contributed by atoms with Gasteiger partial charge >= 0.3 is 0 Å². The molecular weight excluding hydrogens is 294 g/mol. The van der Waals surface area contributed by atoms with Gasteiger partial charge in [0.15, 0.2) is 6.29 Å². The lowest BCUT2D eigenvalue weighted by molar-refractivity contribution is -0.124. The van der Waals surface area contributed by atoms with Crippen molar-refractivity contribution in [2.45, 2.75) is 52.2 Å². The summed E-state index contributed by atoms with van der Waals surface area (Å²) in [6.07, 6.45) is 3.76. The largest absolute Gasteiger partial charge is 0.368 e. The number of hydrogen-bond acceptors (Lipinski definition) is 3. The van der Waals surface area contributed by atoms with Gasteiger partial charge in [-0.1, -0.05) is 32.8 Å². The van der Waals surface area contributed by atoms with Crippen molar-refractivity contribution in [3.63, 3.8) is 0 Å². The molecule has 0 atom stereocenters. The van der Waals surface area contributed by atoms with E-state index in [-0.39, 0.29) is 0 Å². The third-order valence-corrected chi connectivity index (χ3v) is 3.67. The minimum Gasteiger partial charge on any atom is -0.368 e. The van der Waals surface area contributed by atoms with E-state index in [1.54, 1.807) is 0 Å². The average molecular weight is 316 g/mol. The lowest BCUT2D eigenvalue weighted by Crippen LogP contribution is -2.28. The van der Waals surface area contributed by atoms with Gasteiger partial charge in [-0.15, -0.1) is 0 Å². The van der Waals surface area contributed by atoms with Gasteiger partial charge in [-0.2, -0.15) is 0 Å². The molecule has 0 aliphatic heterocycles. The second kappa shape index (κ2) is 7.22. The van der Waals surface area contributed by atoms with Crippen molar-refractivity contribution in [2.24, 2.45) is 5.41 Å². The lowest BCUT2D eigenvalue weighted by Gasteiger charge is -2.26. The number of nitrogens with zero attached hydrogens (tertiary/aromatic N) is 1. The Morgan fingerprint density at radius 1 is 1.22 bits per heavy atom. The monoisotopic (exact) mass is 315 g/mol. The van der Waals surface area contributed by atoms with E-state index in [9.17, 15) is 10.2 Å². The van der Waals surface area contributed by atoms with Crippen LogP contribution in [0.25, 0.3) is 0 Å². The number of unbranched alkanes of at least 4 members (excludes halogenated alkanes) is 2. The summed E-state index contributed by atoms with van der Waals surface area (Å²) in [6.45, 7) is 3.76. The van der Waals surface area contributed by atoms with Crippen molar-refractivity contribution in [2.75, 3.05) is 0 Å². The Bertz CT molecular complexity index is 367.